The topological polar surface area (TPSA) is 68.2 Å². The second kappa shape index (κ2) is 7.14. The summed E-state index contributed by atoms with van der Waals surface area (Å²) in [5.41, 5.74) is 1.37. The largest absolute Gasteiger partial charge is 0.461 e. The number of hydrogen-bond acceptors (Lipinski definition) is 7. The molecule has 0 unspecified atom stereocenters. The maximum absolute atomic E-state index is 11.8. The molecule has 3 heterocycles. The molecule has 0 spiro atoms. The first-order valence-electron chi connectivity index (χ1n) is 7.85. The molecule has 1 saturated heterocycles. The number of likely N-dealkylation sites (tertiary alicyclic amines) is 1. The number of rotatable bonds is 5. The lowest BCUT2D eigenvalue weighted by molar-refractivity contribution is 0.0520. The van der Waals surface area contributed by atoms with Gasteiger partial charge in [0.05, 0.1) is 24.4 Å². The molecular weight excluding hydrogens is 312 g/mol. The lowest BCUT2D eigenvalue weighted by atomic mass is 10.1. The zero-order valence-electron chi connectivity index (χ0n) is 13.3. The van der Waals surface area contributed by atoms with E-state index in [1.54, 1.807) is 24.7 Å². The van der Waals surface area contributed by atoms with Gasteiger partial charge in [-0.1, -0.05) is 0 Å². The van der Waals surface area contributed by atoms with Gasteiger partial charge in [0, 0.05) is 24.0 Å². The summed E-state index contributed by atoms with van der Waals surface area (Å²) in [4.78, 5) is 27.3. The zero-order chi connectivity index (χ0) is 16.2. The first-order chi connectivity index (χ1) is 11.2. The highest BCUT2D eigenvalue weighted by Crippen LogP contribution is 2.39. The molecule has 3 rings (SSSR count). The van der Waals surface area contributed by atoms with Crippen molar-refractivity contribution in [2.45, 2.75) is 38.8 Å². The molecule has 0 aromatic carbocycles. The lowest BCUT2D eigenvalue weighted by Crippen LogP contribution is -2.27. The van der Waals surface area contributed by atoms with E-state index < -0.39 is 0 Å². The minimum atomic E-state index is -0.346. The maximum atomic E-state index is 11.8. The van der Waals surface area contributed by atoms with Crippen molar-refractivity contribution in [2.75, 3.05) is 13.2 Å². The summed E-state index contributed by atoms with van der Waals surface area (Å²) in [7, 11) is 0. The number of ether oxygens (including phenoxy) is 1. The number of thiazole rings is 1. The lowest BCUT2D eigenvalue weighted by Gasteiger charge is -2.28. The third-order valence-electron chi connectivity index (χ3n) is 4.09. The molecule has 23 heavy (non-hydrogen) atoms. The molecule has 0 amide bonds. The molecule has 0 bridgehead atoms. The second-order valence-corrected chi connectivity index (χ2v) is 6.38. The van der Waals surface area contributed by atoms with Gasteiger partial charge in [-0.25, -0.2) is 9.78 Å². The quantitative estimate of drug-likeness (QED) is 0.784. The van der Waals surface area contributed by atoms with Crippen molar-refractivity contribution < 1.29 is 9.53 Å². The Hall–Kier alpha value is -1.86. The molecule has 2 aromatic rings. The van der Waals surface area contributed by atoms with Gasteiger partial charge in [0.25, 0.3) is 0 Å². The fraction of sp³-hybridized carbons (Fsp3) is 0.500. The summed E-state index contributed by atoms with van der Waals surface area (Å²) in [6.07, 6.45) is 7.37. The fourth-order valence-corrected chi connectivity index (χ4v) is 3.90. The number of hydrogen-bond donors (Lipinski definition) is 0. The standard InChI is InChI=1S/C16H20N4O2S/c1-3-22-16(21)13-10-23-15(19-13)14-5-4-8-20(14)11(2)12-9-17-6-7-18-12/h6-7,9-11,14H,3-5,8H2,1-2H3/t11-,14-/m1/s1. The predicted molar refractivity (Wildman–Crippen MR) is 87.2 cm³/mol. The van der Waals surface area contributed by atoms with Gasteiger partial charge in [0.2, 0.25) is 0 Å². The van der Waals surface area contributed by atoms with Gasteiger partial charge >= 0.3 is 5.97 Å². The van der Waals surface area contributed by atoms with Gasteiger partial charge in [0.15, 0.2) is 5.69 Å². The van der Waals surface area contributed by atoms with Crippen molar-refractivity contribution in [3.05, 3.63) is 40.4 Å². The first kappa shape index (κ1) is 16.0. The van der Waals surface area contributed by atoms with Crippen LogP contribution in [0.25, 0.3) is 0 Å². The minimum absolute atomic E-state index is 0.172. The molecule has 0 aliphatic carbocycles. The number of esters is 1. The highest BCUT2D eigenvalue weighted by molar-refractivity contribution is 7.09. The van der Waals surface area contributed by atoms with Crippen molar-refractivity contribution in [1.29, 1.82) is 0 Å². The van der Waals surface area contributed by atoms with E-state index in [4.69, 9.17) is 4.74 Å². The van der Waals surface area contributed by atoms with Crippen LogP contribution in [-0.4, -0.2) is 39.0 Å². The van der Waals surface area contributed by atoms with Gasteiger partial charge in [-0.05, 0) is 33.2 Å². The third kappa shape index (κ3) is 3.40. The molecule has 0 radical (unpaired) electrons. The van der Waals surface area contributed by atoms with Crippen LogP contribution in [0.15, 0.2) is 24.0 Å². The Bertz CT molecular complexity index is 661. The Labute approximate surface area is 139 Å². The van der Waals surface area contributed by atoms with E-state index in [0.29, 0.717) is 12.3 Å². The van der Waals surface area contributed by atoms with Crippen LogP contribution in [0.5, 0.6) is 0 Å². The highest BCUT2D eigenvalue weighted by atomic mass is 32.1. The first-order valence-corrected chi connectivity index (χ1v) is 8.73. The van der Waals surface area contributed by atoms with Crippen molar-refractivity contribution in [1.82, 2.24) is 19.9 Å². The van der Waals surface area contributed by atoms with Crippen LogP contribution in [0, 0.1) is 0 Å². The Morgan fingerprint density at radius 3 is 3.13 bits per heavy atom. The smallest absolute Gasteiger partial charge is 0.357 e. The van der Waals surface area contributed by atoms with Crippen LogP contribution in [0.1, 0.15) is 60.0 Å². The maximum Gasteiger partial charge on any atom is 0.357 e. The van der Waals surface area contributed by atoms with E-state index >= 15 is 0 Å². The Morgan fingerprint density at radius 2 is 2.39 bits per heavy atom. The summed E-state index contributed by atoms with van der Waals surface area (Å²) in [5.74, 6) is -0.346. The van der Waals surface area contributed by atoms with Crippen LogP contribution >= 0.6 is 11.3 Å². The summed E-state index contributed by atoms with van der Waals surface area (Å²) < 4.78 is 5.02. The summed E-state index contributed by atoms with van der Waals surface area (Å²) in [6, 6.07) is 0.395. The van der Waals surface area contributed by atoms with Crippen LogP contribution in [0.2, 0.25) is 0 Å². The normalized spacial score (nSPS) is 19.7. The van der Waals surface area contributed by atoms with E-state index in [1.165, 1.54) is 11.3 Å². The van der Waals surface area contributed by atoms with Crippen LogP contribution in [0.3, 0.4) is 0 Å². The average molecular weight is 332 g/mol. The summed E-state index contributed by atoms with van der Waals surface area (Å²) in [6.45, 7) is 5.30. The Kier molecular flexibility index (Phi) is 4.97. The number of nitrogens with zero attached hydrogens (tertiary/aromatic N) is 4. The van der Waals surface area contributed by atoms with Gasteiger partial charge in [0.1, 0.15) is 5.01 Å². The monoisotopic (exact) mass is 332 g/mol. The highest BCUT2D eigenvalue weighted by Gasteiger charge is 2.33. The number of aromatic nitrogens is 3. The number of carbonyl (C=O) groups is 1. The van der Waals surface area contributed by atoms with E-state index in [1.807, 2.05) is 6.20 Å². The van der Waals surface area contributed by atoms with Gasteiger partial charge in [-0.15, -0.1) is 11.3 Å². The Morgan fingerprint density at radius 1 is 1.52 bits per heavy atom. The molecular formula is C16H20N4O2S. The molecule has 6 nitrogen and oxygen atoms in total. The minimum Gasteiger partial charge on any atom is -0.461 e. The van der Waals surface area contributed by atoms with Gasteiger partial charge in [-0.3, -0.25) is 14.9 Å². The van der Waals surface area contributed by atoms with E-state index in [0.717, 1.165) is 30.1 Å². The molecule has 0 N–H and O–H groups in total. The SMILES string of the molecule is CCOC(=O)c1csc([C@H]2CCCN2[C@H](C)c2cnccn2)n1. The van der Waals surface area contributed by atoms with Gasteiger partial charge in [-0.2, -0.15) is 0 Å². The summed E-state index contributed by atoms with van der Waals surface area (Å²) in [5, 5.41) is 2.76. The van der Waals surface area contributed by atoms with E-state index in [2.05, 4.69) is 26.8 Å². The molecule has 2 atom stereocenters. The second-order valence-electron chi connectivity index (χ2n) is 5.49. The summed E-state index contributed by atoms with van der Waals surface area (Å²) >= 11 is 1.53. The predicted octanol–water partition coefficient (Wildman–Crippen LogP) is 3.01. The van der Waals surface area contributed by atoms with E-state index in [9.17, 15) is 4.79 Å². The van der Waals surface area contributed by atoms with Gasteiger partial charge < -0.3 is 4.74 Å². The molecule has 0 saturated carbocycles. The van der Waals surface area contributed by atoms with Crippen molar-refractivity contribution in [2.24, 2.45) is 0 Å². The van der Waals surface area contributed by atoms with Crippen LogP contribution < -0.4 is 0 Å². The third-order valence-corrected chi connectivity index (χ3v) is 5.04. The molecule has 122 valence electrons. The van der Waals surface area contributed by atoms with Crippen molar-refractivity contribution >= 4 is 17.3 Å². The molecule has 1 aliphatic rings. The van der Waals surface area contributed by atoms with Crippen molar-refractivity contribution in [3.8, 4) is 0 Å². The zero-order valence-corrected chi connectivity index (χ0v) is 14.1. The molecule has 7 heteroatoms. The van der Waals surface area contributed by atoms with Crippen LogP contribution in [-0.2, 0) is 4.74 Å². The molecule has 1 fully saturated rings. The fourth-order valence-electron chi connectivity index (χ4n) is 2.95. The Balaban J connectivity index is 1.78. The van der Waals surface area contributed by atoms with Crippen LogP contribution in [0.4, 0.5) is 0 Å². The number of carbonyl (C=O) groups excluding carboxylic acids is 1. The van der Waals surface area contributed by atoms with E-state index in [-0.39, 0.29) is 18.1 Å². The molecule has 1 aliphatic heterocycles. The molecule has 2 aromatic heterocycles. The van der Waals surface area contributed by atoms with Crippen molar-refractivity contribution in [3.63, 3.8) is 0 Å². The average Bonchev–Trinajstić information content (AvgIpc) is 3.24.